The lowest BCUT2D eigenvalue weighted by Gasteiger charge is -2.15. The second kappa shape index (κ2) is 4.22. The number of fused-ring (bicyclic) bond motifs is 1. The molecule has 2 aromatic rings. The minimum absolute atomic E-state index is 0.194. The molecule has 0 radical (unpaired) electrons. The number of nitrogens with zero attached hydrogens (tertiary/aromatic N) is 1. The van der Waals surface area contributed by atoms with Crippen LogP contribution in [0.15, 0.2) is 39.9 Å². The normalized spacial score (nSPS) is 13.1. The molecular weight excluding hydrogens is 214 g/mol. The number of para-hydroxylation sites is 1. The smallest absolute Gasteiger partial charge is 0.146 e. The summed E-state index contributed by atoms with van der Waals surface area (Å²) in [4.78, 5) is 4.54. The predicted molar refractivity (Wildman–Crippen MR) is 69.8 cm³/mol. The van der Waals surface area contributed by atoms with Gasteiger partial charge in [0, 0.05) is 5.39 Å². The second-order valence-corrected chi connectivity index (χ2v) is 4.92. The van der Waals surface area contributed by atoms with E-state index in [9.17, 15) is 0 Å². The first-order chi connectivity index (χ1) is 8.01. The Morgan fingerprint density at radius 1 is 1.29 bits per heavy atom. The van der Waals surface area contributed by atoms with Crippen molar-refractivity contribution in [1.29, 1.82) is 0 Å². The quantitative estimate of drug-likeness (QED) is 0.343. The molecule has 0 aliphatic heterocycles. The first-order valence-electron chi connectivity index (χ1n) is 5.54. The van der Waals surface area contributed by atoms with Gasteiger partial charge in [0.05, 0.1) is 11.1 Å². The van der Waals surface area contributed by atoms with Crippen molar-refractivity contribution < 1.29 is 4.42 Å². The molecule has 0 unspecified atom stereocenters. The summed E-state index contributed by atoms with van der Waals surface area (Å²) in [6, 6.07) is 7.81. The molecule has 4 nitrogen and oxygen atoms in total. The Hall–Kier alpha value is -1.81. The van der Waals surface area contributed by atoms with Crippen molar-refractivity contribution in [1.82, 2.24) is 5.43 Å². The van der Waals surface area contributed by atoms with E-state index in [-0.39, 0.29) is 5.54 Å². The number of benzene rings is 1. The van der Waals surface area contributed by atoms with E-state index in [2.05, 4.69) is 10.4 Å². The molecule has 0 amide bonds. The zero-order chi connectivity index (χ0) is 12.5. The van der Waals surface area contributed by atoms with E-state index in [1.54, 1.807) is 6.26 Å². The van der Waals surface area contributed by atoms with Gasteiger partial charge in [-0.05, 0) is 26.8 Å². The van der Waals surface area contributed by atoms with Crippen LogP contribution in [0, 0.1) is 0 Å². The Morgan fingerprint density at radius 2 is 2.00 bits per heavy atom. The van der Waals surface area contributed by atoms with Gasteiger partial charge in [0.1, 0.15) is 17.7 Å². The maximum Gasteiger partial charge on any atom is 0.146 e. The number of aliphatic imine (C=N–C) groups is 1. The SMILES string of the molecule is CC(C)(C)N=C(NN)c1coc2ccccc12. The minimum atomic E-state index is -0.194. The number of hydrogen-bond donors (Lipinski definition) is 2. The van der Waals surface area contributed by atoms with Crippen molar-refractivity contribution in [3.05, 3.63) is 36.1 Å². The third-order valence-electron chi connectivity index (χ3n) is 2.32. The topological polar surface area (TPSA) is 63.5 Å². The van der Waals surface area contributed by atoms with Crippen LogP contribution < -0.4 is 11.3 Å². The van der Waals surface area contributed by atoms with E-state index < -0.39 is 0 Å². The molecule has 0 bridgehead atoms. The van der Waals surface area contributed by atoms with Crippen LogP contribution in [0.1, 0.15) is 26.3 Å². The fourth-order valence-corrected chi connectivity index (χ4v) is 1.67. The van der Waals surface area contributed by atoms with Crippen LogP contribution in [0.5, 0.6) is 0 Å². The average Bonchev–Trinajstić information content (AvgIpc) is 2.68. The molecule has 2 rings (SSSR count). The summed E-state index contributed by atoms with van der Waals surface area (Å²) in [6.07, 6.45) is 1.68. The van der Waals surface area contributed by atoms with Gasteiger partial charge in [-0.2, -0.15) is 0 Å². The minimum Gasteiger partial charge on any atom is -0.464 e. The maximum absolute atomic E-state index is 5.54. The molecule has 0 saturated carbocycles. The molecule has 1 aromatic heterocycles. The molecule has 1 aromatic carbocycles. The van der Waals surface area contributed by atoms with Crippen molar-refractivity contribution in [2.24, 2.45) is 10.8 Å². The lowest BCUT2D eigenvalue weighted by Crippen LogP contribution is -2.33. The highest BCUT2D eigenvalue weighted by atomic mass is 16.3. The fraction of sp³-hybridized carbons (Fsp3) is 0.308. The number of nitrogens with one attached hydrogen (secondary N) is 1. The Bertz CT molecular complexity index is 549. The molecule has 3 N–H and O–H groups in total. The van der Waals surface area contributed by atoms with Gasteiger partial charge in [-0.15, -0.1) is 0 Å². The molecule has 0 atom stereocenters. The van der Waals surface area contributed by atoms with Gasteiger partial charge in [0.25, 0.3) is 0 Å². The molecule has 90 valence electrons. The van der Waals surface area contributed by atoms with Gasteiger partial charge in [0.2, 0.25) is 0 Å². The van der Waals surface area contributed by atoms with E-state index in [1.165, 1.54) is 0 Å². The predicted octanol–water partition coefficient (Wildman–Crippen LogP) is 2.44. The van der Waals surface area contributed by atoms with Gasteiger partial charge in [-0.25, -0.2) is 5.84 Å². The van der Waals surface area contributed by atoms with Gasteiger partial charge >= 0.3 is 0 Å². The van der Waals surface area contributed by atoms with Crippen molar-refractivity contribution in [3.8, 4) is 0 Å². The summed E-state index contributed by atoms with van der Waals surface area (Å²) in [6.45, 7) is 6.06. The standard InChI is InChI=1S/C13H17N3O/c1-13(2,3)15-12(16-14)10-8-17-11-7-5-4-6-9(10)11/h4-8H,14H2,1-3H3,(H,15,16). The van der Waals surface area contributed by atoms with Crippen molar-refractivity contribution >= 4 is 16.8 Å². The number of amidine groups is 1. The number of rotatable bonds is 1. The Kier molecular flexibility index (Phi) is 2.90. The number of hydrogen-bond acceptors (Lipinski definition) is 3. The summed E-state index contributed by atoms with van der Waals surface area (Å²) in [5.41, 5.74) is 4.17. The molecule has 1 heterocycles. The molecule has 0 spiro atoms. The number of nitrogens with two attached hydrogens (primary N) is 1. The molecule has 0 fully saturated rings. The molecule has 4 heteroatoms. The van der Waals surface area contributed by atoms with Crippen LogP contribution in [0.4, 0.5) is 0 Å². The highest BCUT2D eigenvalue weighted by Crippen LogP contribution is 2.21. The van der Waals surface area contributed by atoms with E-state index in [1.807, 2.05) is 45.0 Å². The summed E-state index contributed by atoms with van der Waals surface area (Å²) >= 11 is 0. The Morgan fingerprint density at radius 3 is 2.65 bits per heavy atom. The highest BCUT2D eigenvalue weighted by Gasteiger charge is 2.14. The number of furan rings is 1. The van der Waals surface area contributed by atoms with Gasteiger partial charge in [-0.3, -0.25) is 4.99 Å². The van der Waals surface area contributed by atoms with Crippen molar-refractivity contribution in [2.45, 2.75) is 26.3 Å². The first kappa shape index (κ1) is 11.7. The van der Waals surface area contributed by atoms with Crippen LogP contribution >= 0.6 is 0 Å². The third kappa shape index (κ3) is 2.47. The summed E-state index contributed by atoms with van der Waals surface area (Å²) in [7, 11) is 0. The summed E-state index contributed by atoms with van der Waals surface area (Å²) in [5.74, 6) is 6.18. The monoisotopic (exact) mass is 231 g/mol. The molecule has 0 saturated heterocycles. The zero-order valence-corrected chi connectivity index (χ0v) is 10.3. The molecule has 0 aliphatic rings. The highest BCUT2D eigenvalue weighted by molar-refractivity contribution is 6.08. The summed E-state index contributed by atoms with van der Waals surface area (Å²) < 4.78 is 5.47. The van der Waals surface area contributed by atoms with Gasteiger partial charge in [-0.1, -0.05) is 18.2 Å². The van der Waals surface area contributed by atoms with Crippen LogP contribution in [-0.4, -0.2) is 11.4 Å². The van der Waals surface area contributed by atoms with Crippen LogP contribution in [-0.2, 0) is 0 Å². The lowest BCUT2D eigenvalue weighted by molar-refractivity contribution is 0.579. The van der Waals surface area contributed by atoms with E-state index in [4.69, 9.17) is 10.3 Å². The van der Waals surface area contributed by atoms with Crippen LogP contribution in [0.25, 0.3) is 11.0 Å². The van der Waals surface area contributed by atoms with Gasteiger partial charge in [0.15, 0.2) is 0 Å². The first-order valence-corrected chi connectivity index (χ1v) is 5.54. The molecular formula is C13H17N3O. The molecule has 0 aliphatic carbocycles. The van der Waals surface area contributed by atoms with Crippen molar-refractivity contribution in [3.63, 3.8) is 0 Å². The van der Waals surface area contributed by atoms with E-state index in [0.29, 0.717) is 5.84 Å². The largest absolute Gasteiger partial charge is 0.464 e. The van der Waals surface area contributed by atoms with E-state index >= 15 is 0 Å². The maximum atomic E-state index is 5.54. The zero-order valence-electron chi connectivity index (χ0n) is 10.3. The van der Waals surface area contributed by atoms with E-state index in [0.717, 1.165) is 16.5 Å². The third-order valence-corrected chi connectivity index (χ3v) is 2.32. The second-order valence-electron chi connectivity index (χ2n) is 4.92. The fourth-order valence-electron chi connectivity index (χ4n) is 1.67. The summed E-state index contributed by atoms with van der Waals surface area (Å²) in [5, 5.41) is 1.01. The number of hydrazine groups is 1. The van der Waals surface area contributed by atoms with Crippen molar-refractivity contribution in [2.75, 3.05) is 0 Å². The van der Waals surface area contributed by atoms with Gasteiger partial charge < -0.3 is 9.84 Å². The van der Waals surface area contributed by atoms with Crippen LogP contribution in [0.3, 0.4) is 0 Å². The Balaban J connectivity index is 2.55. The lowest BCUT2D eigenvalue weighted by atomic mass is 10.1. The van der Waals surface area contributed by atoms with Crippen LogP contribution in [0.2, 0.25) is 0 Å². The average molecular weight is 231 g/mol. The molecule has 17 heavy (non-hydrogen) atoms. The Labute approximate surface area is 100 Å².